The van der Waals surface area contributed by atoms with Gasteiger partial charge in [0.2, 0.25) is 5.82 Å². The Morgan fingerprint density at radius 2 is 1.89 bits per heavy atom. The molecule has 10 nitrogen and oxygen atoms in total. The van der Waals surface area contributed by atoms with E-state index in [1.165, 1.54) is 23.7 Å². The van der Waals surface area contributed by atoms with Crippen molar-refractivity contribution in [1.29, 1.82) is 0 Å². The Labute approximate surface area is 280 Å². The molecule has 258 valence electrons. The molecular formula is C31H40ClF4N7O3S. The molecule has 5 rings (SSSR count). The molecule has 0 unspecified atom stereocenters. The fourth-order valence-electron chi connectivity index (χ4n) is 6.09. The molecule has 0 aliphatic carbocycles. The van der Waals surface area contributed by atoms with Crippen LogP contribution in [0, 0.1) is 5.82 Å². The third kappa shape index (κ3) is 8.68. The average molecular weight is 702 g/mol. The maximum atomic E-state index is 16.0. The summed E-state index contributed by atoms with van der Waals surface area (Å²) in [5.74, 6) is -1.67. The second kappa shape index (κ2) is 15.4. The quantitative estimate of drug-likeness (QED) is 0.208. The van der Waals surface area contributed by atoms with E-state index in [2.05, 4.69) is 39.0 Å². The van der Waals surface area contributed by atoms with Crippen LogP contribution in [0.3, 0.4) is 0 Å². The molecule has 2 saturated heterocycles. The number of thiazole rings is 1. The zero-order chi connectivity index (χ0) is 33.2. The number of carboxylic acid groups (broad SMARTS) is 1. The van der Waals surface area contributed by atoms with Gasteiger partial charge in [-0.3, -0.25) is 14.6 Å². The molecular weight excluding hydrogens is 662 g/mol. The van der Waals surface area contributed by atoms with Gasteiger partial charge in [-0.2, -0.15) is 17.6 Å². The Morgan fingerprint density at radius 1 is 1.17 bits per heavy atom. The average Bonchev–Trinajstić information content (AvgIpc) is 3.54. The fraction of sp³-hybridized carbons (Fsp3) is 0.548. The minimum atomic E-state index is -4.60. The summed E-state index contributed by atoms with van der Waals surface area (Å²) in [6.45, 7) is 6.60. The Hall–Kier alpha value is -3.11. The maximum absolute atomic E-state index is 16.0. The van der Waals surface area contributed by atoms with Gasteiger partial charge < -0.3 is 20.1 Å². The predicted molar refractivity (Wildman–Crippen MR) is 175 cm³/mol. The number of halogens is 5. The van der Waals surface area contributed by atoms with Crippen LogP contribution in [0.4, 0.5) is 34.3 Å². The highest BCUT2D eigenvalue weighted by atomic mass is 35.5. The summed E-state index contributed by atoms with van der Waals surface area (Å²) >= 11 is 7.36. The number of benzene rings is 1. The number of hydrogen-bond donors (Lipinski definition) is 2. The van der Waals surface area contributed by atoms with Crippen molar-refractivity contribution in [1.82, 2.24) is 24.8 Å². The van der Waals surface area contributed by atoms with E-state index in [4.69, 9.17) is 21.4 Å². The highest BCUT2D eigenvalue weighted by Crippen LogP contribution is 2.40. The second-order valence-corrected chi connectivity index (χ2v) is 13.2. The molecule has 0 radical (unpaired) electrons. The normalized spacial score (nSPS) is 20.8. The molecule has 0 bridgehead atoms. The number of carboxylic acids is 1. The summed E-state index contributed by atoms with van der Waals surface area (Å²) in [6.07, 6.45) is -1.37. The van der Waals surface area contributed by atoms with Crippen LogP contribution in [0.5, 0.6) is 0 Å². The lowest BCUT2D eigenvalue weighted by Crippen LogP contribution is -2.55. The Morgan fingerprint density at radius 3 is 2.55 bits per heavy atom. The van der Waals surface area contributed by atoms with Crippen LogP contribution >= 0.6 is 22.9 Å². The van der Waals surface area contributed by atoms with E-state index in [-0.39, 0.29) is 59.3 Å². The first-order valence-corrected chi connectivity index (χ1v) is 16.1. The number of aromatic nitrogens is 3. The summed E-state index contributed by atoms with van der Waals surface area (Å²) in [7, 11) is 1.55. The number of aliphatic carboxylic acids is 1. The van der Waals surface area contributed by atoms with E-state index in [0.29, 0.717) is 49.9 Å². The maximum Gasteiger partial charge on any atom is 0.416 e. The van der Waals surface area contributed by atoms with E-state index in [1.54, 1.807) is 12.0 Å². The van der Waals surface area contributed by atoms with Gasteiger partial charge in [-0.25, -0.2) is 15.0 Å². The van der Waals surface area contributed by atoms with Crippen LogP contribution in [0.1, 0.15) is 51.0 Å². The first-order valence-electron chi connectivity index (χ1n) is 14.9. The number of nitrogens with zero attached hydrogens (tertiary/aromatic N) is 6. The molecule has 4 heterocycles. The number of methoxy groups -OCH3 is 1. The molecule has 1 aromatic carbocycles. The zero-order valence-electron chi connectivity index (χ0n) is 25.7. The Balaban J connectivity index is 0.00000500. The third-order valence-corrected chi connectivity index (χ3v) is 9.70. The zero-order valence-corrected chi connectivity index (χ0v) is 27.2. The predicted octanol–water partition coefficient (Wildman–Crippen LogP) is 6.78. The topological polar surface area (TPSA) is 107 Å². The van der Waals surface area contributed by atoms with Gasteiger partial charge in [-0.1, -0.05) is 30.4 Å². The van der Waals surface area contributed by atoms with Gasteiger partial charge in [0.25, 0.3) is 0 Å². The van der Waals surface area contributed by atoms with Gasteiger partial charge >= 0.3 is 12.1 Å². The van der Waals surface area contributed by atoms with Crippen LogP contribution in [0.25, 0.3) is 11.3 Å². The Bertz CT molecular complexity index is 1540. The molecule has 47 heavy (non-hydrogen) atoms. The summed E-state index contributed by atoms with van der Waals surface area (Å²) < 4.78 is 62.4. The molecule has 0 saturated carbocycles. The van der Waals surface area contributed by atoms with Crippen molar-refractivity contribution >= 4 is 45.7 Å². The molecule has 3 atom stereocenters. The van der Waals surface area contributed by atoms with Gasteiger partial charge in [0.05, 0.1) is 30.3 Å². The van der Waals surface area contributed by atoms with E-state index in [9.17, 15) is 18.0 Å². The minimum Gasteiger partial charge on any atom is -0.481 e. The SMILES string of the molecule is C.COC[C@@H]1CN(c2ncnc(Nc3nc(-c4cc(Cl)cc(C(F)(F)F)c4)c(CN4[C@H](C)CC[C@H]4C)s3)c2F)CCN1CCC(=O)O. The first-order chi connectivity index (χ1) is 21.8. The smallest absolute Gasteiger partial charge is 0.416 e. The van der Waals surface area contributed by atoms with Gasteiger partial charge in [0.15, 0.2) is 16.8 Å². The molecule has 2 N–H and O–H groups in total. The van der Waals surface area contributed by atoms with E-state index >= 15 is 4.39 Å². The van der Waals surface area contributed by atoms with Crippen LogP contribution in [0.15, 0.2) is 24.5 Å². The van der Waals surface area contributed by atoms with E-state index in [1.807, 2.05) is 4.90 Å². The number of hydrogen-bond acceptors (Lipinski definition) is 10. The highest BCUT2D eigenvalue weighted by Gasteiger charge is 2.34. The standard InChI is InChI=1S/C30H36ClF4N7O3S.CH4/c1-17-4-5-18(2)42(17)14-23-26(19-10-20(30(33,34)35)12-21(31)11-19)38-29(46-23)39-27-25(32)28(37-16-36-27)41-9-8-40(7-6-24(43)44)22(13-41)15-45-3;/h10-12,16-18,22H,4-9,13-15H2,1-3H3,(H,43,44)(H,36,37,38,39);1H4/t17-,18-,22+;/m1./s1. The lowest BCUT2D eigenvalue weighted by Gasteiger charge is -2.41. The van der Waals surface area contributed by atoms with E-state index < -0.39 is 23.5 Å². The largest absolute Gasteiger partial charge is 0.481 e. The number of carbonyl (C=O) groups is 1. The van der Waals surface area contributed by atoms with Gasteiger partial charge in [0.1, 0.15) is 6.33 Å². The molecule has 0 spiro atoms. The van der Waals surface area contributed by atoms with Crippen LogP contribution in [0.2, 0.25) is 5.02 Å². The van der Waals surface area contributed by atoms with Crippen molar-refractivity contribution in [2.24, 2.45) is 0 Å². The monoisotopic (exact) mass is 701 g/mol. The number of ether oxygens (including phenoxy) is 1. The lowest BCUT2D eigenvalue weighted by atomic mass is 10.1. The van der Waals surface area contributed by atoms with Crippen molar-refractivity contribution in [2.75, 3.05) is 50.1 Å². The minimum absolute atomic E-state index is 0. The Kier molecular flexibility index (Phi) is 12.0. The van der Waals surface area contributed by atoms with Gasteiger partial charge in [-0.15, -0.1) is 0 Å². The number of nitrogens with one attached hydrogen (secondary N) is 1. The summed E-state index contributed by atoms with van der Waals surface area (Å²) in [5, 5.41) is 12.3. The van der Waals surface area contributed by atoms with E-state index in [0.717, 1.165) is 25.0 Å². The van der Waals surface area contributed by atoms with Crippen molar-refractivity contribution in [2.45, 2.75) is 71.4 Å². The van der Waals surface area contributed by atoms with Gasteiger partial charge in [-0.05, 0) is 44.9 Å². The van der Waals surface area contributed by atoms with Crippen LogP contribution < -0.4 is 10.2 Å². The number of likely N-dealkylation sites (tertiary alicyclic amines) is 1. The number of rotatable bonds is 11. The summed E-state index contributed by atoms with van der Waals surface area (Å²) in [6, 6.07) is 3.73. The molecule has 2 fully saturated rings. The van der Waals surface area contributed by atoms with Crippen LogP contribution in [-0.2, 0) is 22.3 Å². The number of piperazine rings is 1. The number of alkyl halides is 3. The molecule has 3 aromatic rings. The lowest BCUT2D eigenvalue weighted by molar-refractivity contribution is -0.138. The molecule has 2 aliphatic heterocycles. The molecule has 2 aromatic heterocycles. The molecule has 2 aliphatic rings. The highest BCUT2D eigenvalue weighted by molar-refractivity contribution is 7.16. The van der Waals surface area contributed by atoms with Crippen molar-refractivity contribution in [3.8, 4) is 11.3 Å². The second-order valence-electron chi connectivity index (χ2n) is 11.7. The van der Waals surface area contributed by atoms with Crippen molar-refractivity contribution in [3.05, 3.63) is 45.8 Å². The molecule has 0 amide bonds. The fourth-order valence-corrected chi connectivity index (χ4v) is 7.32. The third-order valence-electron chi connectivity index (χ3n) is 8.53. The van der Waals surface area contributed by atoms with Crippen molar-refractivity contribution < 1.29 is 32.2 Å². The summed E-state index contributed by atoms with van der Waals surface area (Å²) in [4.78, 5) is 30.8. The summed E-state index contributed by atoms with van der Waals surface area (Å²) in [5.41, 5.74) is -0.332. The van der Waals surface area contributed by atoms with Crippen LogP contribution in [-0.4, -0.2) is 93.8 Å². The molecule has 16 heteroatoms. The van der Waals surface area contributed by atoms with Crippen molar-refractivity contribution in [3.63, 3.8) is 0 Å². The van der Waals surface area contributed by atoms with Gasteiger partial charge in [0, 0.05) is 67.4 Å². The first kappa shape index (κ1) is 36.7. The number of anilines is 3.